The molecule has 2 amide bonds. The van der Waals surface area contributed by atoms with Crippen LogP contribution in [0.15, 0.2) is 12.7 Å². The van der Waals surface area contributed by atoms with Gasteiger partial charge in [-0.15, -0.1) is 6.58 Å². The third kappa shape index (κ3) is 2.23. The van der Waals surface area contributed by atoms with Crippen molar-refractivity contribution in [3.05, 3.63) is 12.7 Å². The topological polar surface area (TPSA) is 55.8 Å². The van der Waals surface area contributed by atoms with Crippen LogP contribution in [0.25, 0.3) is 0 Å². The minimum absolute atomic E-state index is 0.0158. The number of hydrogen-bond acceptors (Lipinski definition) is 4. The quantitative estimate of drug-likeness (QED) is 0.544. The van der Waals surface area contributed by atoms with Crippen LogP contribution in [0.1, 0.15) is 26.7 Å². The Bertz CT molecular complexity index is 489. The number of allylic oxidation sites excluding steroid dienone is 1. The molecular weight excluding hydrogens is 270 g/mol. The summed E-state index contributed by atoms with van der Waals surface area (Å²) in [6.07, 6.45) is 2.84. The molecule has 2 saturated heterocycles. The van der Waals surface area contributed by atoms with Crippen molar-refractivity contribution in [2.24, 2.45) is 23.2 Å². The lowest BCUT2D eigenvalue weighted by molar-refractivity contribution is -0.319. The van der Waals surface area contributed by atoms with E-state index in [4.69, 9.17) is 9.47 Å². The molecule has 0 radical (unpaired) electrons. The van der Waals surface area contributed by atoms with E-state index in [2.05, 4.69) is 20.4 Å². The molecule has 2 heterocycles. The zero-order valence-electron chi connectivity index (χ0n) is 12.9. The molecule has 2 aliphatic heterocycles. The van der Waals surface area contributed by atoms with E-state index < -0.39 is 5.79 Å². The van der Waals surface area contributed by atoms with Crippen LogP contribution in [0.2, 0.25) is 0 Å². The number of nitrogens with zero attached hydrogens (tertiary/aromatic N) is 1. The normalized spacial score (nSPS) is 37.7. The average molecular weight is 293 g/mol. The van der Waals surface area contributed by atoms with E-state index in [1.165, 1.54) is 4.90 Å². The largest absolute Gasteiger partial charge is 0.349 e. The van der Waals surface area contributed by atoms with Crippen LogP contribution >= 0.6 is 0 Å². The van der Waals surface area contributed by atoms with E-state index in [1.807, 2.05) is 0 Å². The van der Waals surface area contributed by atoms with Gasteiger partial charge in [0.1, 0.15) is 0 Å². The fourth-order valence-electron chi connectivity index (χ4n) is 3.71. The highest BCUT2D eigenvalue weighted by molar-refractivity contribution is 6.05. The van der Waals surface area contributed by atoms with E-state index >= 15 is 0 Å². The van der Waals surface area contributed by atoms with Crippen LogP contribution < -0.4 is 0 Å². The van der Waals surface area contributed by atoms with E-state index in [-0.39, 0.29) is 35.0 Å². The van der Waals surface area contributed by atoms with Crippen LogP contribution in [0, 0.1) is 23.2 Å². The molecule has 3 atom stereocenters. The summed E-state index contributed by atoms with van der Waals surface area (Å²) in [4.78, 5) is 25.8. The monoisotopic (exact) mass is 293 g/mol. The van der Waals surface area contributed by atoms with Crippen molar-refractivity contribution < 1.29 is 19.1 Å². The van der Waals surface area contributed by atoms with Gasteiger partial charge in [0, 0.05) is 25.3 Å². The Balaban J connectivity index is 1.87. The van der Waals surface area contributed by atoms with Gasteiger partial charge < -0.3 is 9.47 Å². The highest BCUT2D eigenvalue weighted by Gasteiger charge is 2.58. The maximum Gasteiger partial charge on any atom is 0.233 e. The Morgan fingerprint density at radius 2 is 1.81 bits per heavy atom. The zero-order valence-corrected chi connectivity index (χ0v) is 12.9. The molecule has 1 spiro atoms. The second-order valence-corrected chi connectivity index (χ2v) is 7.33. The van der Waals surface area contributed by atoms with Crippen molar-refractivity contribution in [2.45, 2.75) is 32.5 Å². The molecule has 1 saturated carbocycles. The predicted octanol–water partition coefficient (Wildman–Crippen LogP) is 1.58. The van der Waals surface area contributed by atoms with Gasteiger partial charge in [0.2, 0.25) is 11.8 Å². The van der Waals surface area contributed by atoms with Gasteiger partial charge in [-0.1, -0.05) is 19.9 Å². The molecule has 5 nitrogen and oxygen atoms in total. The number of amides is 2. The van der Waals surface area contributed by atoms with Crippen molar-refractivity contribution in [3.63, 3.8) is 0 Å². The standard InChI is InChI=1S/C16H23NO4/c1-5-10-6-16(20-8-15(2,3)9-21-16)7-11-12(10)14(19)17(4)13(11)18/h5,10-12H,1,6-9H2,2-4H3/t10-,11+,12-/m1/s1. The van der Waals surface area contributed by atoms with Crippen LogP contribution in [0.3, 0.4) is 0 Å². The summed E-state index contributed by atoms with van der Waals surface area (Å²) in [6.45, 7) is 9.23. The van der Waals surface area contributed by atoms with Crippen molar-refractivity contribution in [3.8, 4) is 0 Å². The summed E-state index contributed by atoms with van der Waals surface area (Å²) in [5.41, 5.74) is -0.0158. The van der Waals surface area contributed by atoms with Gasteiger partial charge in [0.15, 0.2) is 5.79 Å². The second-order valence-electron chi connectivity index (χ2n) is 7.33. The third-order valence-corrected chi connectivity index (χ3v) is 4.99. The molecule has 0 aromatic carbocycles. The molecule has 0 N–H and O–H groups in total. The first kappa shape index (κ1) is 14.7. The lowest BCUT2D eigenvalue weighted by Crippen LogP contribution is -2.54. The SMILES string of the molecule is C=C[C@@H]1CC2(C[C@@H]3C(=O)N(C)C(=O)[C@H]13)OCC(C)(C)CO2. The van der Waals surface area contributed by atoms with Gasteiger partial charge in [0.05, 0.1) is 25.0 Å². The highest BCUT2D eigenvalue weighted by Crippen LogP contribution is 2.49. The van der Waals surface area contributed by atoms with E-state index in [0.717, 1.165) is 0 Å². The summed E-state index contributed by atoms with van der Waals surface area (Å²) in [7, 11) is 1.56. The Hall–Kier alpha value is -1.20. The van der Waals surface area contributed by atoms with Crippen molar-refractivity contribution in [2.75, 3.05) is 20.3 Å². The first-order chi connectivity index (χ1) is 9.79. The molecule has 21 heavy (non-hydrogen) atoms. The second kappa shape index (κ2) is 4.65. The minimum atomic E-state index is -0.739. The number of rotatable bonds is 1. The van der Waals surface area contributed by atoms with Crippen molar-refractivity contribution >= 4 is 11.8 Å². The lowest BCUT2D eigenvalue weighted by Gasteiger charge is -2.49. The number of hydrogen-bond donors (Lipinski definition) is 0. The molecule has 3 rings (SSSR count). The van der Waals surface area contributed by atoms with E-state index in [1.54, 1.807) is 13.1 Å². The van der Waals surface area contributed by atoms with Gasteiger partial charge in [0.25, 0.3) is 0 Å². The Labute approximate surface area is 125 Å². The number of ether oxygens (including phenoxy) is 2. The fraction of sp³-hybridized carbons (Fsp3) is 0.750. The summed E-state index contributed by atoms with van der Waals surface area (Å²) >= 11 is 0. The number of carbonyl (C=O) groups excluding carboxylic acids is 2. The average Bonchev–Trinajstić information content (AvgIpc) is 2.67. The molecule has 1 aliphatic carbocycles. The van der Waals surface area contributed by atoms with Gasteiger partial charge in [-0.3, -0.25) is 14.5 Å². The first-order valence-electron chi connectivity index (χ1n) is 7.50. The summed E-state index contributed by atoms with van der Waals surface area (Å²) in [5.74, 6) is -1.68. The molecular formula is C16H23NO4. The van der Waals surface area contributed by atoms with Gasteiger partial charge in [-0.25, -0.2) is 0 Å². The maximum absolute atomic E-state index is 12.3. The highest BCUT2D eigenvalue weighted by atomic mass is 16.7. The van der Waals surface area contributed by atoms with Crippen molar-refractivity contribution in [1.82, 2.24) is 4.90 Å². The summed E-state index contributed by atoms with van der Waals surface area (Å²) in [5, 5.41) is 0. The lowest BCUT2D eigenvalue weighted by atomic mass is 9.70. The molecule has 0 unspecified atom stereocenters. The maximum atomic E-state index is 12.3. The Morgan fingerprint density at radius 1 is 1.19 bits per heavy atom. The summed E-state index contributed by atoms with van der Waals surface area (Å²) < 4.78 is 12.1. The van der Waals surface area contributed by atoms with Gasteiger partial charge in [-0.2, -0.15) is 0 Å². The van der Waals surface area contributed by atoms with E-state index in [0.29, 0.717) is 26.1 Å². The van der Waals surface area contributed by atoms with Crippen LogP contribution in [-0.4, -0.2) is 42.8 Å². The molecule has 0 bridgehead atoms. The van der Waals surface area contributed by atoms with Crippen LogP contribution in [-0.2, 0) is 19.1 Å². The molecule has 0 aromatic heterocycles. The smallest absolute Gasteiger partial charge is 0.233 e. The minimum Gasteiger partial charge on any atom is -0.349 e. The number of carbonyl (C=O) groups is 2. The predicted molar refractivity (Wildman–Crippen MR) is 76.1 cm³/mol. The third-order valence-electron chi connectivity index (χ3n) is 4.99. The number of fused-ring (bicyclic) bond motifs is 1. The van der Waals surface area contributed by atoms with Crippen LogP contribution in [0.5, 0.6) is 0 Å². The Kier molecular flexibility index (Phi) is 3.26. The fourth-order valence-corrected chi connectivity index (χ4v) is 3.71. The molecule has 0 aromatic rings. The van der Waals surface area contributed by atoms with E-state index in [9.17, 15) is 9.59 Å². The molecule has 3 aliphatic rings. The van der Waals surface area contributed by atoms with Gasteiger partial charge in [-0.05, 0) is 5.92 Å². The summed E-state index contributed by atoms with van der Waals surface area (Å²) in [6, 6.07) is 0. The van der Waals surface area contributed by atoms with Crippen molar-refractivity contribution in [1.29, 1.82) is 0 Å². The number of imide groups is 1. The zero-order chi connectivity index (χ0) is 15.4. The Morgan fingerprint density at radius 3 is 2.38 bits per heavy atom. The molecule has 5 heteroatoms. The molecule has 116 valence electrons. The van der Waals surface area contributed by atoms with Gasteiger partial charge >= 0.3 is 0 Å². The number of likely N-dealkylation sites (tertiary alicyclic amines) is 1. The molecule has 3 fully saturated rings. The first-order valence-corrected chi connectivity index (χ1v) is 7.50. The van der Waals surface area contributed by atoms with Crippen LogP contribution in [0.4, 0.5) is 0 Å².